The zero-order valence-corrected chi connectivity index (χ0v) is 13.8. The van der Waals surface area contributed by atoms with Gasteiger partial charge in [-0.1, -0.05) is 12.1 Å². The molecule has 0 unspecified atom stereocenters. The van der Waals surface area contributed by atoms with Crippen molar-refractivity contribution >= 4 is 29.3 Å². The van der Waals surface area contributed by atoms with E-state index >= 15 is 0 Å². The van der Waals surface area contributed by atoms with Crippen molar-refractivity contribution in [1.29, 1.82) is 0 Å². The SMILES string of the molecule is CCOC(=O)Nc1cc2c(cc1N1C(=O)c3ccccc3C1=O)OCO2. The van der Waals surface area contributed by atoms with Gasteiger partial charge in [0.1, 0.15) is 0 Å². The summed E-state index contributed by atoms with van der Waals surface area (Å²) >= 11 is 0. The van der Waals surface area contributed by atoms with Crippen LogP contribution >= 0.6 is 0 Å². The minimum atomic E-state index is -0.704. The molecule has 0 atom stereocenters. The molecule has 0 bridgehead atoms. The van der Waals surface area contributed by atoms with Crippen LogP contribution < -0.4 is 19.7 Å². The highest BCUT2D eigenvalue weighted by Gasteiger charge is 2.38. The van der Waals surface area contributed by atoms with Gasteiger partial charge in [0.05, 0.1) is 29.1 Å². The van der Waals surface area contributed by atoms with Gasteiger partial charge < -0.3 is 14.2 Å². The third-order valence-electron chi connectivity index (χ3n) is 4.04. The van der Waals surface area contributed by atoms with E-state index in [1.54, 1.807) is 31.2 Å². The number of benzene rings is 2. The minimum Gasteiger partial charge on any atom is -0.454 e. The highest BCUT2D eigenvalue weighted by Crippen LogP contribution is 2.43. The quantitative estimate of drug-likeness (QED) is 0.852. The van der Waals surface area contributed by atoms with Gasteiger partial charge in [-0.05, 0) is 19.1 Å². The Hall–Kier alpha value is -3.55. The monoisotopic (exact) mass is 354 g/mol. The first-order valence-electron chi connectivity index (χ1n) is 7.95. The number of carbonyl (C=O) groups excluding carboxylic acids is 3. The van der Waals surface area contributed by atoms with E-state index in [2.05, 4.69) is 5.32 Å². The molecule has 2 heterocycles. The zero-order chi connectivity index (χ0) is 18.3. The number of fused-ring (bicyclic) bond motifs is 2. The number of anilines is 2. The molecule has 0 saturated heterocycles. The van der Waals surface area contributed by atoms with Gasteiger partial charge in [0, 0.05) is 12.1 Å². The predicted molar refractivity (Wildman–Crippen MR) is 90.8 cm³/mol. The fourth-order valence-electron chi connectivity index (χ4n) is 2.90. The van der Waals surface area contributed by atoms with Crippen LogP contribution in [0.3, 0.4) is 0 Å². The lowest BCUT2D eigenvalue weighted by atomic mass is 10.1. The molecule has 26 heavy (non-hydrogen) atoms. The molecule has 2 aliphatic heterocycles. The Labute approximate surface area is 148 Å². The average Bonchev–Trinajstić information content (AvgIpc) is 3.18. The molecule has 0 aromatic heterocycles. The Morgan fingerprint density at radius 3 is 2.35 bits per heavy atom. The molecular weight excluding hydrogens is 340 g/mol. The van der Waals surface area contributed by atoms with E-state index in [0.717, 1.165) is 4.90 Å². The van der Waals surface area contributed by atoms with Gasteiger partial charge in [0.2, 0.25) is 6.79 Å². The van der Waals surface area contributed by atoms with Gasteiger partial charge in [-0.15, -0.1) is 0 Å². The summed E-state index contributed by atoms with van der Waals surface area (Å²) in [6.45, 7) is 1.86. The first-order chi connectivity index (χ1) is 12.6. The second-order valence-corrected chi connectivity index (χ2v) is 5.56. The van der Waals surface area contributed by atoms with Crippen LogP contribution in [-0.2, 0) is 4.74 Å². The molecular formula is C18H14N2O6. The molecule has 0 radical (unpaired) electrons. The third-order valence-corrected chi connectivity index (χ3v) is 4.04. The standard InChI is InChI=1S/C18H14N2O6/c1-2-24-18(23)19-12-7-14-15(26-9-25-14)8-13(12)20-16(21)10-5-3-4-6-11(10)17(20)22/h3-8H,2,9H2,1H3,(H,19,23). The largest absolute Gasteiger partial charge is 0.454 e. The Morgan fingerprint density at radius 1 is 1.12 bits per heavy atom. The van der Waals surface area contributed by atoms with Crippen molar-refractivity contribution in [1.82, 2.24) is 0 Å². The van der Waals surface area contributed by atoms with Crippen molar-refractivity contribution in [3.8, 4) is 11.5 Å². The maximum absolute atomic E-state index is 12.8. The zero-order valence-electron chi connectivity index (χ0n) is 13.8. The fraction of sp³-hybridized carbons (Fsp3) is 0.167. The lowest BCUT2D eigenvalue weighted by molar-refractivity contribution is 0.0926. The number of amides is 3. The van der Waals surface area contributed by atoms with Crippen LogP contribution in [0.2, 0.25) is 0 Å². The van der Waals surface area contributed by atoms with Crippen LogP contribution in [0.1, 0.15) is 27.6 Å². The Bertz CT molecular complexity index is 904. The lowest BCUT2D eigenvalue weighted by Gasteiger charge is -2.19. The van der Waals surface area contributed by atoms with Gasteiger partial charge in [0.15, 0.2) is 11.5 Å². The minimum absolute atomic E-state index is 0.0136. The smallest absolute Gasteiger partial charge is 0.411 e. The number of nitrogens with one attached hydrogen (secondary N) is 1. The molecule has 0 fully saturated rings. The highest BCUT2D eigenvalue weighted by molar-refractivity contribution is 6.35. The molecule has 2 aliphatic rings. The van der Waals surface area contributed by atoms with Gasteiger partial charge in [-0.3, -0.25) is 14.9 Å². The average molecular weight is 354 g/mol. The molecule has 132 valence electrons. The van der Waals surface area contributed by atoms with E-state index < -0.39 is 17.9 Å². The van der Waals surface area contributed by atoms with Crippen molar-refractivity contribution in [3.05, 3.63) is 47.5 Å². The van der Waals surface area contributed by atoms with Gasteiger partial charge >= 0.3 is 6.09 Å². The summed E-state index contributed by atoms with van der Waals surface area (Å²) in [5, 5.41) is 2.54. The molecule has 0 spiro atoms. The molecule has 3 amide bonds. The molecule has 0 aliphatic carbocycles. The predicted octanol–water partition coefficient (Wildman–Crippen LogP) is 2.78. The number of ether oxygens (including phenoxy) is 3. The lowest BCUT2D eigenvalue weighted by Crippen LogP contribution is -2.30. The first-order valence-corrected chi connectivity index (χ1v) is 7.95. The van der Waals surface area contributed by atoms with E-state index in [-0.39, 0.29) is 24.8 Å². The Kier molecular flexibility index (Phi) is 3.72. The molecule has 8 heteroatoms. The molecule has 2 aromatic rings. The normalized spacial score (nSPS) is 14.4. The number of nitrogens with zero attached hydrogens (tertiary/aromatic N) is 1. The van der Waals surface area contributed by atoms with Crippen LogP contribution in [-0.4, -0.2) is 31.3 Å². The molecule has 4 rings (SSSR count). The maximum atomic E-state index is 12.8. The number of imide groups is 1. The van der Waals surface area contributed by atoms with E-state index in [9.17, 15) is 14.4 Å². The summed E-state index contributed by atoms with van der Waals surface area (Å²) in [5.41, 5.74) is 1.00. The third kappa shape index (κ3) is 2.43. The van der Waals surface area contributed by atoms with Crippen LogP contribution in [0.5, 0.6) is 11.5 Å². The molecule has 1 N–H and O–H groups in total. The van der Waals surface area contributed by atoms with E-state index in [1.165, 1.54) is 12.1 Å². The summed E-state index contributed by atoms with van der Waals surface area (Å²) in [6, 6.07) is 9.53. The second-order valence-electron chi connectivity index (χ2n) is 5.56. The summed E-state index contributed by atoms with van der Waals surface area (Å²) in [5.74, 6) is -0.170. The van der Waals surface area contributed by atoms with Crippen molar-refractivity contribution in [2.24, 2.45) is 0 Å². The number of hydrogen-bond donors (Lipinski definition) is 1. The van der Waals surface area contributed by atoms with Gasteiger partial charge in [-0.2, -0.15) is 0 Å². The number of rotatable bonds is 3. The van der Waals surface area contributed by atoms with Crippen molar-refractivity contribution in [2.45, 2.75) is 6.92 Å². The maximum Gasteiger partial charge on any atom is 0.411 e. The Balaban J connectivity index is 1.80. The van der Waals surface area contributed by atoms with Crippen molar-refractivity contribution in [3.63, 3.8) is 0 Å². The molecule has 2 aromatic carbocycles. The van der Waals surface area contributed by atoms with Crippen molar-refractivity contribution < 1.29 is 28.6 Å². The second kappa shape index (κ2) is 6.07. The summed E-state index contributed by atoms with van der Waals surface area (Å²) in [6.07, 6.45) is -0.704. The number of hydrogen-bond acceptors (Lipinski definition) is 6. The molecule has 8 nitrogen and oxygen atoms in total. The highest BCUT2D eigenvalue weighted by atomic mass is 16.7. The van der Waals surface area contributed by atoms with E-state index in [4.69, 9.17) is 14.2 Å². The Morgan fingerprint density at radius 2 is 1.73 bits per heavy atom. The van der Waals surface area contributed by atoms with Gasteiger partial charge in [-0.25, -0.2) is 9.69 Å². The van der Waals surface area contributed by atoms with Gasteiger partial charge in [0.25, 0.3) is 11.8 Å². The van der Waals surface area contributed by atoms with Crippen LogP contribution in [0, 0.1) is 0 Å². The topological polar surface area (TPSA) is 94.2 Å². The van der Waals surface area contributed by atoms with E-state index in [1.807, 2.05) is 0 Å². The van der Waals surface area contributed by atoms with E-state index in [0.29, 0.717) is 22.6 Å². The first kappa shape index (κ1) is 15.9. The van der Waals surface area contributed by atoms with Crippen LogP contribution in [0.15, 0.2) is 36.4 Å². The number of carbonyl (C=O) groups is 3. The summed E-state index contributed by atoms with van der Waals surface area (Å²) in [7, 11) is 0. The summed E-state index contributed by atoms with van der Waals surface area (Å²) < 4.78 is 15.5. The van der Waals surface area contributed by atoms with Crippen LogP contribution in [0.4, 0.5) is 16.2 Å². The van der Waals surface area contributed by atoms with Crippen LogP contribution in [0.25, 0.3) is 0 Å². The fourth-order valence-corrected chi connectivity index (χ4v) is 2.90. The van der Waals surface area contributed by atoms with Crippen molar-refractivity contribution in [2.75, 3.05) is 23.6 Å². The molecule has 0 saturated carbocycles. The summed E-state index contributed by atoms with van der Waals surface area (Å²) in [4.78, 5) is 38.4.